The Kier molecular flexibility index (Phi) is 7.02. The van der Waals surface area contributed by atoms with Gasteiger partial charge in [0.2, 0.25) is 0 Å². The quantitative estimate of drug-likeness (QED) is 0.137. The van der Waals surface area contributed by atoms with E-state index in [1.54, 1.807) is 37.2 Å². The van der Waals surface area contributed by atoms with Crippen LogP contribution in [0.2, 0.25) is 0 Å². The Balaban J connectivity index is 0.000000152. The minimum Gasteiger partial charge on any atom is -0.291 e. The van der Waals surface area contributed by atoms with E-state index in [4.69, 9.17) is 0 Å². The largest absolute Gasteiger partial charge is 0.308 e. The van der Waals surface area contributed by atoms with Crippen molar-refractivity contribution in [1.82, 2.24) is 61.2 Å². The van der Waals surface area contributed by atoms with Gasteiger partial charge >= 0.3 is 13.4 Å². The zero-order chi connectivity index (χ0) is 21.6. The van der Waals surface area contributed by atoms with Crippen molar-refractivity contribution in [2.75, 3.05) is 0 Å². The first-order chi connectivity index (χ1) is 15.9. The van der Waals surface area contributed by atoms with Crippen molar-refractivity contribution >= 4 is 47.0 Å². The number of aromatic nitrogens is 12. The molecule has 0 unspecified atom stereocenters. The van der Waals surface area contributed by atoms with Gasteiger partial charge in [-0.15, -0.1) is 0 Å². The van der Waals surface area contributed by atoms with E-state index in [0.29, 0.717) is 0 Å². The van der Waals surface area contributed by atoms with Crippen LogP contribution in [0.25, 0.3) is 0 Å². The first kappa shape index (κ1) is 22.1. The van der Waals surface area contributed by atoms with Crippen LogP contribution in [0.3, 0.4) is 0 Å². The van der Waals surface area contributed by atoms with Gasteiger partial charge in [-0.25, -0.2) is 0 Å². The van der Waals surface area contributed by atoms with Crippen molar-refractivity contribution in [2.45, 2.75) is 0 Å². The summed E-state index contributed by atoms with van der Waals surface area (Å²) in [6.45, 7) is 0.0694. The molecule has 0 bridgehead atoms. The van der Waals surface area contributed by atoms with Gasteiger partial charge in [-0.3, -0.25) is 30.6 Å². The van der Waals surface area contributed by atoms with Crippen LogP contribution in [-0.2, 0) is 17.1 Å². The molecule has 33 heavy (non-hydrogen) atoms. The first-order valence-corrected chi connectivity index (χ1v) is 9.85. The molecule has 0 atom stereocenters. The number of aromatic amines is 6. The molecule has 6 aromatic heterocycles. The van der Waals surface area contributed by atoms with Crippen molar-refractivity contribution < 1.29 is 17.1 Å². The van der Waals surface area contributed by atoms with Crippen LogP contribution < -0.4 is 33.6 Å². The summed E-state index contributed by atoms with van der Waals surface area (Å²) >= 11 is 0. The number of rotatable bonds is 6. The Morgan fingerprint density at radius 3 is 0.667 bits per heavy atom. The zero-order valence-electron chi connectivity index (χ0n) is 17.1. The van der Waals surface area contributed by atoms with Gasteiger partial charge in [0, 0.05) is 87.8 Å². The molecule has 0 spiro atoms. The van der Waals surface area contributed by atoms with E-state index in [9.17, 15) is 0 Å². The van der Waals surface area contributed by atoms with Crippen molar-refractivity contribution in [3.8, 4) is 0 Å². The molecule has 12 nitrogen and oxygen atoms in total. The second-order valence-electron chi connectivity index (χ2n) is 6.94. The third-order valence-corrected chi connectivity index (χ3v) is 5.00. The van der Waals surface area contributed by atoms with Gasteiger partial charge in [0.05, 0.1) is 0 Å². The summed E-state index contributed by atoms with van der Waals surface area (Å²) in [5.74, 6) is 0. The molecule has 0 saturated carbocycles. The standard InChI is InChI=1S/2C9H9BN6.Mn/c2*1-4-11-14-7(1)10(8-2-5-12-15-8)9-3-6-13-16-9;/h2*1-6H,(H,11,14)(H,12,15)(H,13,16);. The molecule has 6 heterocycles. The Hall–Kier alpha value is -4.09. The molecular weight excluding hydrogens is 461 g/mol. The van der Waals surface area contributed by atoms with Crippen LogP contribution in [0.5, 0.6) is 0 Å². The molecule has 0 saturated heterocycles. The fourth-order valence-electron chi connectivity index (χ4n) is 3.57. The van der Waals surface area contributed by atoms with Crippen LogP contribution in [0.4, 0.5) is 0 Å². The van der Waals surface area contributed by atoms with Gasteiger partial charge in [0.25, 0.3) is 0 Å². The Bertz CT molecular complexity index is 1000. The minimum atomic E-state index is 0. The fraction of sp³-hybridized carbons (Fsp3) is 0. The maximum absolute atomic E-state index is 3.97. The summed E-state index contributed by atoms with van der Waals surface area (Å²) < 4.78 is 0. The van der Waals surface area contributed by atoms with E-state index in [0.717, 1.165) is 33.6 Å². The molecule has 0 aliphatic heterocycles. The average molecular weight is 479 g/mol. The van der Waals surface area contributed by atoms with Crippen molar-refractivity contribution in [2.24, 2.45) is 0 Å². The summed E-state index contributed by atoms with van der Waals surface area (Å²) in [7, 11) is 0. The molecule has 1 radical (unpaired) electrons. The van der Waals surface area contributed by atoms with E-state index in [1.165, 1.54) is 0 Å². The molecule has 0 aromatic carbocycles. The molecule has 0 amide bonds. The van der Waals surface area contributed by atoms with Crippen LogP contribution in [0.15, 0.2) is 73.6 Å². The topological polar surface area (TPSA) is 172 Å². The Labute approximate surface area is 198 Å². The number of hydrogen-bond donors (Lipinski definition) is 6. The monoisotopic (exact) mass is 479 g/mol. The van der Waals surface area contributed by atoms with Crippen LogP contribution in [-0.4, -0.2) is 74.6 Å². The van der Waals surface area contributed by atoms with Crippen LogP contribution >= 0.6 is 0 Å². The number of nitrogens with one attached hydrogen (secondary N) is 6. The number of hydrogen-bond acceptors (Lipinski definition) is 6. The van der Waals surface area contributed by atoms with Gasteiger partial charge < -0.3 is 0 Å². The van der Waals surface area contributed by atoms with Gasteiger partial charge in [0.15, 0.2) is 0 Å². The van der Waals surface area contributed by atoms with E-state index in [-0.39, 0.29) is 30.5 Å². The molecule has 0 aliphatic carbocycles. The molecule has 15 heteroatoms. The molecule has 163 valence electrons. The molecule has 0 fully saturated rings. The smallest absolute Gasteiger partial charge is 0.291 e. The van der Waals surface area contributed by atoms with Gasteiger partial charge in [-0.2, -0.15) is 30.6 Å². The van der Waals surface area contributed by atoms with E-state index in [2.05, 4.69) is 61.2 Å². The summed E-state index contributed by atoms with van der Waals surface area (Å²) in [5, 5.41) is 41.6. The van der Waals surface area contributed by atoms with Crippen LogP contribution in [0, 0.1) is 0 Å². The van der Waals surface area contributed by atoms with Crippen LogP contribution in [0.1, 0.15) is 0 Å². The predicted molar refractivity (Wildman–Crippen MR) is 121 cm³/mol. The fourth-order valence-corrected chi connectivity index (χ4v) is 3.57. The molecule has 6 rings (SSSR count). The van der Waals surface area contributed by atoms with Gasteiger partial charge in [0.1, 0.15) is 0 Å². The van der Waals surface area contributed by atoms with Crippen molar-refractivity contribution in [3.05, 3.63) is 73.6 Å². The third kappa shape index (κ3) is 4.89. The Morgan fingerprint density at radius 2 is 0.545 bits per heavy atom. The van der Waals surface area contributed by atoms with E-state index < -0.39 is 0 Å². The van der Waals surface area contributed by atoms with E-state index in [1.807, 2.05) is 36.4 Å². The third-order valence-electron chi connectivity index (χ3n) is 5.00. The maximum atomic E-state index is 3.97. The molecule has 6 N–H and O–H groups in total. The summed E-state index contributed by atoms with van der Waals surface area (Å²) in [6.07, 6.45) is 10.4. The van der Waals surface area contributed by atoms with Crippen molar-refractivity contribution in [1.29, 1.82) is 0 Å². The number of nitrogens with zero attached hydrogens (tertiary/aromatic N) is 6. The van der Waals surface area contributed by atoms with E-state index >= 15 is 0 Å². The second-order valence-corrected chi connectivity index (χ2v) is 6.94. The predicted octanol–water partition coefficient (Wildman–Crippen LogP) is -3.26. The summed E-state index contributed by atoms with van der Waals surface area (Å²) in [4.78, 5) is 0. The first-order valence-electron chi connectivity index (χ1n) is 9.85. The summed E-state index contributed by atoms with van der Waals surface area (Å²) in [5.41, 5.74) is 5.96. The molecule has 0 aliphatic rings. The minimum absolute atomic E-state index is 0. The average Bonchev–Trinajstić information content (AvgIpc) is 3.67. The SMILES string of the molecule is [Mn].c1cc(B(c2ccn[nH]2)c2ccn[nH]2)[nH]n1.c1cc(B(c2ccn[nH]2)c2ccn[nH]2)[nH]n1. The molecular formula is C18H18B2MnN12. The normalized spacial score (nSPS) is 10.2. The van der Waals surface area contributed by atoms with Gasteiger partial charge in [-0.1, -0.05) is 0 Å². The summed E-state index contributed by atoms with van der Waals surface area (Å²) in [6, 6.07) is 11.6. The van der Waals surface area contributed by atoms with Gasteiger partial charge in [-0.05, 0) is 36.4 Å². The number of H-pyrrole nitrogens is 6. The molecule has 6 aromatic rings. The maximum Gasteiger partial charge on any atom is 0.308 e. The van der Waals surface area contributed by atoms with Crippen molar-refractivity contribution in [3.63, 3.8) is 0 Å². The Morgan fingerprint density at radius 1 is 0.364 bits per heavy atom. The second kappa shape index (κ2) is 10.5. The zero-order valence-corrected chi connectivity index (χ0v) is 18.3.